The summed E-state index contributed by atoms with van der Waals surface area (Å²) in [6, 6.07) is 4.77. The van der Waals surface area contributed by atoms with E-state index in [0.717, 1.165) is 25.1 Å². The van der Waals surface area contributed by atoms with E-state index in [1.54, 1.807) is 25.1 Å². The molecule has 3 heterocycles. The van der Waals surface area contributed by atoms with E-state index in [4.69, 9.17) is 4.74 Å². The predicted molar refractivity (Wildman–Crippen MR) is 106 cm³/mol. The van der Waals surface area contributed by atoms with Crippen LogP contribution < -0.4 is 15.5 Å². The van der Waals surface area contributed by atoms with Crippen LogP contribution in [-0.4, -0.2) is 62.4 Å². The van der Waals surface area contributed by atoms with E-state index in [2.05, 4.69) is 10.6 Å². The predicted octanol–water partition coefficient (Wildman–Crippen LogP) is 0.458. The van der Waals surface area contributed by atoms with Gasteiger partial charge in [-0.25, -0.2) is 13.2 Å². The molecule has 9 nitrogen and oxygen atoms in total. The van der Waals surface area contributed by atoms with Crippen molar-refractivity contribution in [2.75, 3.05) is 34.9 Å². The van der Waals surface area contributed by atoms with Crippen LogP contribution in [0.5, 0.6) is 0 Å². The summed E-state index contributed by atoms with van der Waals surface area (Å²) in [7, 11) is -3.15. The number of nitrogens with one attached hydrogen (secondary N) is 2. The lowest BCUT2D eigenvalue weighted by atomic mass is 10.0. The van der Waals surface area contributed by atoms with Gasteiger partial charge in [0.2, 0.25) is 5.91 Å². The van der Waals surface area contributed by atoms with Crippen LogP contribution in [0.25, 0.3) is 0 Å². The van der Waals surface area contributed by atoms with Crippen molar-refractivity contribution in [3.8, 4) is 0 Å². The number of rotatable bonds is 4. The van der Waals surface area contributed by atoms with E-state index >= 15 is 0 Å². The molecule has 0 saturated carbocycles. The molecule has 0 unspecified atom stereocenters. The zero-order chi connectivity index (χ0) is 20.8. The molecule has 0 radical (unpaired) electrons. The smallest absolute Gasteiger partial charge is 0.338 e. The molecule has 0 aliphatic carbocycles. The van der Waals surface area contributed by atoms with Gasteiger partial charge in [0.05, 0.1) is 34.0 Å². The number of esters is 1. The highest BCUT2D eigenvalue weighted by molar-refractivity contribution is 7.91. The Balaban J connectivity index is 1.38. The molecule has 1 aromatic rings. The van der Waals surface area contributed by atoms with Crippen LogP contribution in [0, 0.1) is 0 Å². The van der Waals surface area contributed by atoms with Crippen LogP contribution in [0.4, 0.5) is 11.4 Å². The largest absolute Gasteiger partial charge is 0.452 e. The van der Waals surface area contributed by atoms with Crippen molar-refractivity contribution in [1.82, 2.24) is 5.32 Å². The molecular weight excluding hydrogens is 398 g/mol. The van der Waals surface area contributed by atoms with Gasteiger partial charge in [-0.05, 0) is 44.4 Å². The van der Waals surface area contributed by atoms with E-state index in [9.17, 15) is 22.8 Å². The van der Waals surface area contributed by atoms with Gasteiger partial charge in [-0.1, -0.05) is 0 Å². The van der Waals surface area contributed by atoms with Gasteiger partial charge in [-0.3, -0.25) is 9.59 Å². The molecule has 4 rings (SSSR count). The summed E-state index contributed by atoms with van der Waals surface area (Å²) < 4.78 is 28.3. The van der Waals surface area contributed by atoms with Gasteiger partial charge in [0.1, 0.15) is 6.04 Å². The lowest BCUT2D eigenvalue weighted by Crippen LogP contribution is -2.48. The summed E-state index contributed by atoms with van der Waals surface area (Å²) in [5, 5.41) is 5.47. The highest BCUT2D eigenvalue weighted by atomic mass is 32.2. The maximum atomic E-state index is 12.3. The Bertz CT molecular complexity index is 992. The molecule has 10 heteroatoms. The number of fused-ring (bicyclic) bond motifs is 3. The molecule has 29 heavy (non-hydrogen) atoms. The summed E-state index contributed by atoms with van der Waals surface area (Å²) in [4.78, 5) is 38.7. The van der Waals surface area contributed by atoms with Crippen LogP contribution in [0.3, 0.4) is 0 Å². The molecule has 156 valence electrons. The normalized spacial score (nSPS) is 27.0. The zero-order valence-corrected chi connectivity index (χ0v) is 16.9. The number of sulfone groups is 1. The minimum Gasteiger partial charge on any atom is -0.452 e. The lowest BCUT2D eigenvalue weighted by molar-refractivity contribution is -0.125. The molecular formula is C19H23N3O6S. The van der Waals surface area contributed by atoms with Gasteiger partial charge in [-0.2, -0.15) is 0 Å². The fourth-order valence-electron chi connectivity index (χ4n) is 4.25. The van der Waals surface area contributed by atoms with Crippen molar-refractivity contribution in [2.24, 2.45) is 0 Å². The molecule has 0 aromatic heterocycles. The number of carbonyl (C=O) groups is 3. The highest BCUT2D eigenvalue weighted by Crippen LogP contribution is 2.37. The van der Waals surface area contributed by atoms with Crippen molar-refractivity contribution < 1.29 is 27.5 Å². The number of anilines is 2. The van der Waals surface area contributed by atoms with E-state index < -0.39 is 33.9 Å². The Kier molecular flexibility index (Phi) is 4.76. The molecule has 1 aromatic carbocycles. The third-order valence-electron chi connectivity index (χ3n) is 5.63. The third-order valence-corrected chi connectivity index (χ3v) is 7.54. The average molecular weight is 421 g/mol. The summed E-state index contributed by atoms with van der Waals surface area (Å²) in [6.45, 7) is 1.95. The number of hydrogen-bond acceptors (Lipinski definition) is 7. The number of carbonyl (C=O) groups excluding carboxylic acids is 3. The van der Waals surface area contributed by atoms with Crippen LogP contribution in [0.1, 0.15) is 36.5 Å². The quantitative estimate of drug-likeness (QED) is 0.677. The van der Waals surface area contributed by atoms with Gasteiger partial charge in [0.15, 0.2) is 16.4 Å². The molecule has 2 N–H and O–H groups in total. The first kappa shape index (κ1) is 19.7. The second kappa shape index (κ2) is 7.01. The van der Waals surface area contributed by atoms with Gasteiger partial charge in [0, 0.05) is 6.54 Å². The first-order valence-electron chi connectivity index (χ1n) is 9.56. The van der Waals surface area contributed by atoms with Crippen molar-refractivity contribution in [3.63, 3.8) is 0 Å². The first-order valence-corrected chi connectivity index (χ1v) is 11.4. The van der Waals surface area contributed by atoms with Crippen molar-refractivity contribution >= 4 is 39.0 Å². The monoisotopic (exact) mass is 421 g/mol. The first-order chi connectivity index (χ1) is 13.7. The van der Waals surface area contributed by atoms with Crippen LogP contribution >= 0.6 is 0 Å². The van der Waals surface area contributed by atoms with Gasteiger partial charge < -0.3 is 20.3 Å². The minimum absolute atomic E-state index is 0.0300. The summed E-state index contributed by atoms with van der Waals surface area (Å²) in [5.41, 5.74) is 0.807. The number of ether oxygens (including phenoxy) is 1. The Morgan fingerprint density at radius 3 is 2.90 bits per heavy atom. The van der Waals surface area contributed by atoms with Crippen molar-refractivity contribution in [2.45, 2.75) is 37.8 Å². The van der Waals surface area contributed by atoms with Crippen molar-refractivity contribution in [1.29, 1.82) is 0 Å². The van der Waals surface area contributed by atoms with Gasteiger partial charge >= 0.3 is 5.97 Å². The van der Waals surface area contributed by atoms with E-state index in [1.807, 2.05) is 4.90 Å². The second-order valence-corrected chi connectivity index (χ2v) is 10.3. The van der Waals surface area contributed by atoms with Crippen LogP contribution in [0.15, 0.2) is 18.2 Å². The number of amides is 2. The Hall–Kier alpha value is -2.62. The molecule has 0 spiro atoms. The topological polar surface area (TPSA) is 122 Å². The zero-order valence-electron chi connectivity index (χ0n) is 16.1. The number of benzene rings is 1. The molecule has 2 amide bonds. The van der Waals surface area contributed by atoms with Crippen LogP contribution in [0.2, 0.25) is 0 Å². The summed E-state index contributed by atoms with van der Waals surface area (Å²) in [6.07, 6.45) is 2.08. The maximum absolute atomic E-state index is 12.3. The van der Waals surface area contributed by atoms with Gasteiger partial charge in [-0.15, -0.1) is 0 Å². The summed E-state index contributed by atoms with van der Waals surface area (Å²) >= 11 is 0. The lowest BCUT2D eigenvalue weighted by Gasteiger charge is -2.33. The van der Waals surface area contributed by atoms with E-state index in [1.165, 1.54) is 0 Å². The molecule has 2 fully saturated rings. The summed E-state index contributed by atoms with van der Waals surface area (Å²) in [5.74, 6) is -1.42. The number of hydrogen-bond donors (Lipinski definition) is 2. The molecule has 3 aliphatic heterocycles. The van der Waals surface area contributed by atoms with Crippen molar-refractivity contribution in [3.05, 3.63) is 23.8 Å². The SMILES string of the molecule is C[C@@]1(NC(=O)COC(=O)c2ccc3c(c2)NC(=O)[C@H]2CCCN32)CCS(=O)(=O)C1. The molecule has 2 atom stereocenters. The average Bonchev–Trinajstić information content (AvgIpc) is 3.24. The minimum atomic E-state index is -3.15. The second-order valence-electron chi connectivity index (χ2n) is 8.10. The fraction of sp³-hybridized carbons (Fsp3) is 0.526. The maximum Gasteiger partial charge on any atom is 0.338 e. The van der Waals surface area contributed by atoms with Gasteiger partial charge in [0.25, 0.3) is 5.91 Å². The third kappa shape index (κ3) is 3.93. The molecule has 3 aliphatic rings. The fourth-order valence-corrected chi connectivity index (χ4v) is 6.35. The van der Waals surface area contributed by atoms with Crippen LogP contribution in [-0.2, 0) is 24.2 Å². The molecule has 2 saturated heterocycles. The van der Waals surface area contributed by atoms with E-state index in [-0.39, 0.29) is 29.0 Å². The Morgan fingerprint density at radius 2 is 2.17 bits per heavy atom. The Morgan fingerprint density at radius 1 is 1.38 bits per heavy atom. The molecule has 0 bridgehead atoms. The standard InChI is InChI=1S/C19H23N3O6S/c1-19(6-8-29(26,27)11-19)21-16(23)10-28-18(25)12-4-5-14-13(9-12)20-17(24)15-3-2-7-22(14)15/h4-5,9,15H,2-3,6-8,10-11H2,1H3,(H,20,24)(H,21,23)/t15-,19-/m1/s1. The Labute approximate surface area is 168 Å². The number of nitrogens with zero attached hydrogens (tertiary/aromatic N) is 1. The van der Waals surface area contributed by atoms with E-state index in [0.29, 0.717) is 12.1 Å². The highest BCUT2D eigenvalue weighted by Gasteiger charge is 2.39.